The second kappa shape index (κ2) is 5.56. The number of fused-ring (bicyclic) bond motifs is 1. The zero-order chi connectivity index (χ0) is 14.8. The van der Waals surface area contributed by atoms with Gasteiger partial charge in [-0.05, 0) is 41.8 Å². The molecular weight excluding hydrogens is 248 g/mol. The fourth-order valence-electron chi connectivity index (χ4n) is 2.64. The van der Waals surface area contributed by atoms with Crippen LogP contribution in [0.4, 0.5) is 0 Å². The monoisotopic (exact) mass is 268 g/mol. The maximum absolute atomic E-state index is 10.3. The lowest BCUT2D eigenvalue weighted by atomic mass is 9.81. The van der Waals surface area contributed by atoms with Crippen molar-refractivity contribution in [3.63, 3.8) is 0 Å². The Balaban J connectivity index is 2.48. The van der Waals surface area contributed by atoms with Gasteiger partial charge in [0.1, 0.15) is 11.4 Å². The first-order valence-corrected chi connectivity index (χ1v) is 6.79. The highest BCUT2D eigenvalue weighted by molar-refractivity contribution is 5.84. The van der Waals surface area contributed by atoms with Crippen LogP contribution in [0.1, 0.15) is 31.7 Å². The molecule has 0 aliphatic heterocycles. The smallest absolute Gasteiger partial charge is 0.129 e. The summed E-state index contributed by atoms with van der Waals surface area (Å²) in [5.74, 6) is 3.26. The van der Waals surface area contributed by atoms with Crippen LogP contribution in [0.25, 0.3) is 10.8 Å². The Morgan fingerprint density at radius 1 is 1.25 bits per heavy atom. The maximum Gasteiger partial charge on any atom is 0.129 e. The molecule has 2 aromatic carbocycles. The molecule has 104 valence electrons. The van der Waals surface area contributed by atoms with Gasteiger partial charge in [-0.15, -0.1) is 6.42 Å². The fourth-order valence-corrected chi connectivity index (χ4v) is 2.64. The molecule has 0 saturated carbocycles. The van der Waals surface area contributed by atoms with Gasteiger partial charge >= 0.3 is 0 Å². The van der Waals surface area contributed by atoms with Crippen LogP contribution < -0.4 is 4.74 Å². The number of benzene rings is 2. The van der Waals surface area contributed by atoms with Gasteiger partial charge in [0.15, 0.2) is 0 Å². The lowest BCUT2D eigenvalue weighted by molar-refractivity contribution is 0.0885. The first-order valence-electron chi connectivity index (χ1n) is 6.79. The molecule has 0 radical (unpaired) electrons. The molecule has 2 atom stereocenters. The zero-order valence-electron chi connectivity index (χ0n) is 12.2. The third kappa shape index (κ3) is 2.64. The molecule has 2 rings (SSSR count). The molecule has 0 spiro atoms. The first-order chi connectivity index (χ1) is 9.51. The average Bonchev–Trinajstić information content (AvgIpc) is 2.47. The van der Waals surface area contributed by atoms with E-state index in [-0.39, 0.29) is 5.92 Å². The van der Waals surface area contributed by atoms with Crippen LogP contribution in [-0.2, 0) is 0 Å². The van der Waals surface area contributed by atoms with Crippen molar-refractivity contribution in [3.8, 4) is 18.1 Å². The molecule has 0 bridgehead atoms. The van der Waals surface area contributed by atoms with Gasteiger partial charge in [0.2, 0.25) is 0 Å². The number of hydrogen-bond donors (Lipinski definition) is 1. The Morgan fingerprint density at radius 2 is 1.90 bits per heavy atom. The number of methoxy groups -OCH3 is 1. The summed E-state index contributed by atoms with van der Waals surface area (Å²) in [6, 6.07) is 12.1. The van der Waals surface area contributed by atoms with E-state index in [1.54, 1.807) is 14.0 Å². The van der Waals surface area contributed by atoms with Gasteiger partial charge in [-0.2, -0.15) is 0 Å². The summed E-state index contributed by atoms with van der Waals surface area (Å²) in [6.45, 7) is 3.73. The SMILES string of the molecule is C#CC(C)(O)C(CC)c1ccc2cc(OC)ccc2c1. The summed E-state index contributed by atoms with van der Waals surface area (Å²) in [4.78, 5) is 0. The molecule has 0 aliphatic carbocycles. The van der Waals surface area contributed by atoms with E-state index in [2.05, 4.69) is 12.0 Å². The van der Waals surface area contributed by atoms with Crippen LogP contribution in [0, 0.1) is 12.3 Å². The molecule has 2 heteroatoms. The van der Waals surface area contributed by atoms with Crippen molar-refractivity contribution in [1.82, 2.24) is 0 Å². The normalized spacial score (nSPS) is 15.3. The van der Waals surface area contributed by atoms with Gasteiger partial charge in [-0.1, -0.05) is 37.1 Å². The van der Waals surface area contributed by atoms with Crippen LogP contribution in [0.2, 0.25) is 0 Å². The van der Waals surface area contributed by atoms with E-state index < -0.39 is 5.60 Å². The summed E-state index contributed by atoms with van der Waals surface area (Å²) in [5, 5.41) is 12.6. The number of aliphatic hydroxyl groups is 1. The van der Waals surface area contributed by atoms with Crippen molar-refractivity contribution in [3.05, 3.63) is 42.0 Å². The molecular formula is C18H20O2. The Morgan fingerprint density at radius 3 is 2.50 bits per heavy atom. The highest BCUT2D eigenvalue weighted by Crippen LogP contribution is 2.33. The van der Waals surface area contributed by atoms with Crippen molar-refractivity contribution in [2.24, 2.45) is 0 Å². The van der Waals surface area contributed by atoms with Gasteiger partial charge in [0.05, 0.1) is 7.11 Å². The van der Waals surface area contributed by atoms with E-state index in [1.165, 1.54) is 0 Å². The molecule has 0 aromatic heterocycles. The van der Waals surface area contributed by atoms with Crippen LogP contribution >= 0.6 is 0 Å². The van der Waals surface area contributed by atoms with Gasteiger partial charge in [-0.25, -0.2) is 0 Å². The minimum atomic E-state index is -1.13. The topological polar surface area (TPSA) is 29.5 Å². The van der Waals surface area contributed by atoms with E-state index in [1.807, 2.05) is 37.3 Å². The Hall–Kier alpha value is -1.98. The third-order valence-corrected chi connectivity index (χ3v) is 3.85. The lowest BCUT2D eigenvalue weighted by Gasteiger charge is -2.28. The average molecular weight is 268 g/mol. The van der Waals surface area contributed by atoms with Crippen molar-refractivity contribution >= 4 is 10.8 Å². The number of hydrogen-bond acceptors (Lipinski definition) is 2. The lowest BCUT2D eigenvalue weighted by Crippen LogP contribution is -2.30. The second-order valence-electron chi connectivity index (χ2n) is 5.23. The highest BCUT2D eigenvalue weighted by Gasteiger charge is 2.29. The van der Waals surface area contributed by atoms with Crippen LogP contribution in [0.15, 0.2) is 36.4 Å². The largest absolute Gasteiger partial charge is 0.497 e. The first kappa shape index (κ1) is 14.4. The van der Waals surface area contributed by atoms with E-state index >= 15 is 0 Å². The number of rotatable bonds is 4. The maximum atomic E-state index is 10.3. The number of ether oxygens (including phenoxy) is 1. The summed E-state index contributed by atoms with van der Waals surface area (Å²) >= 11 is 0. The molecule has 0 fully saturated rings. The summed E-state index contributed by atoms with van der Waals surface area (Å²) < 4.78 is 5.23. The van der Waals surface area contributed by atoms with Crippen LogP contribution in [0.5, 0.6) is 5.75 Å². The molecule has 0 saturated heterocycles. The summed E-state index contributed by atoms with van der Waals surface area (Å²) in [6.07, 6.45) is 6.24. The Labute approximate surface area is 120 Å². The predicted octanol–water partition coefficient (Wildman–Crippen LogP) is 3.73. The molecule has 2 unspecified atom stereocenters. The summed E-state index contributed by atoms with van der Waals surface area (Å²) in [7, 11) is 1.66. The minimum absolute atomic E-state index is 0.0704. The second-order valence-corrected chi connectivity index (χ2v) is 5.23. The van der Waals surface area contributed by atoms with Gasteiger partial charge in [0, 0.05) is 5.92 Å². The van der Waals surface area contributed by atoms with Crippen LogP contribution in [0.3, 0.4) is 0 Å². The van der Waals surface area contributed by atoms with E-state index in [9.17, 15) is 5.11 Å². The highest BCUT2D eigenvalue weighted by atomic mass is 16.5. The van der Waals surface area contributed by atoms with Gasteiger partial charge in [-0.3, -0.25) is 0 Å². The zero-order valence-corrected chi connectivity index (χ0v) is 12.2. The van der Waals surface area contributed by atoms with E-state index in [0.29, 0.717) is 0 Å². The number of terminal acetylenes is 1. The Bertz CT molecular complexity index is 650. The molecule has 0 aliphatic rings. The van der Waals surface area contributed by atoms with Crippen molar-refractivity contribution < 1.29 is 9.84 Å². The van der Waals surface area contributed by atoms with E-state index in [4.69, 9.17) is 11.2 Å². The molecule has 20 heavy (non-hydrogen) atoms. The van der Waals surface area contributed by atoms with Crippen LogP contribution in [-0.4, -0.2) is 17.8 Å². The Kier molecular flexibility index (Phi) is 4.01. The van der Waals surface area contributed by atoms with Crippen molar-refractivity contribution in [2.45, 2.75) is 31.8 Å². The van der Waals surface area contributed by atoms with E-state index in [0.717, 1.165) is 28.5 Å². The molecule has 1 N–H and O–H groups in total. The molecule has 2 aromatic rings. The standard InChI is InChI=1S/C18H20O2/c1-5-17(18(3,19)6-2)15-8-7-14-12-16(20-4)10-9-13(14)11-15/h2,7-12,17,19H,5H2,1,3-4H3. The quantitative estimate of drug-likeness (QED) is 0.856. The third-order valence-electron chi connectivity index (χ3n) is 3.85. The summed E-state index contributed by atoms with van der Waals surface area (Å²) in [5.41, 5.74) is -0.0670. The molecule has 0 heterocycles. The molecule has 0 amide bonds. The van der Waals surface area contributed by atoms with Gasteiger partial charge < -0.3 is 9.84 Å². The molecule has 2 nitrogen and oxygen atoms in total. The van der Waals surface area contributed by atoms with Crippen molar-refractivity contribution in [2.75, 3.05) is 7.11 Å². The minimum Gasteiger partial charge on any atom is -0.497 e. The predicted molar refractivity (Wildman–Crippen MR) is 83.0 cm³/mol. The van der Waals surface area contributed by atoms with Gasteiger partial charge in [0.25, 0.3) is 0 Å². The van der Waals surface area contributed by atoms with Crippen molar-refractivity contribution in [1.29, 1.82) is 0 Å². The fraction of sp³-hybridized carbons (Fsp3) is 0.333.